The Bertz CT molecular complexity index is 845. The first-order valence-corrected chi connectivity index (χ1v) is 8.02. The summed E-state index contributed by atoms with van der Waals surface area (Å²) in [7, 11) is 0. The van der Waals surface area contributed by atoms with Gasteiger partial charge in [0.2, 0.25) is 11.7 Å². The molecule has 0 radical (unpaired) electrons. The van der Waals surface area contributed by atoms with E-state index in [4.69, 9.17) is 19.7 Å². The van der Waals surface area contributed by atoms with Gasteiger partial charge in [0, 0.05) is 5.69 Å². The number of aromatic nitrogens is 2. The van der Waals surface area contributed by atoms with Crippen molar-refractivity contribution in [3.05, 3.63) is 33.8 Å². The van der Waals surface area contributed by atoms with Crippen molar-refractivity contribution in [3.8, 4) is 0 Å². The third-order valence-electron chi connectivity index (χ3n) is 3.91. The Morgan fingerprint density at radius 3 is 2.38 bits per heavy atom. The van der Waals surface area contributed by atoms with E-state index in [1.165, 1.54) is 13.8 Å². The minimum atomic E-state index is -1.11. The number of carbonyl (C=O) groups is 3. The molecule has 140 valence electrons. The minimum Gasteiger partial charge on any atom is -0.462 e. The van der Waals surface area contributed by atoms with E-state index < -0.39 is 23.8 Å². The second-order valence-electron chi connectivity index (χ2n) is 5.76. The fourth-order valence-corrected chi connectivity index (χ4v) is 2.62. The van der Waals surface area contributed by atoms with Crippen LogP contribution in [0.1, 0.15) is 62.0 Å². The highest BCUT2D eigenvalue weighted by molar-refractivity contribution is 6.05. The van der Waals surface area contributed by atoms with E-state index >= 15 is 0 Å². The number of nitrogen functional groups attached to an aromatic ring is 1. The normalized spacial score (nSPS) is 11.9. The Morgan fingerprint density at radius 1 is 1.19 bits per heavy atom. The van der Waals surface area contributed by atoms with Gasteiger partial charge in [-0.05, 0) is 40.2 Å². The summed E-state index contributed by atoms with van der Waals surface area (Å²) in [6, 6.07) is 0. The summed E-state index contributed by atoms with van der Waals surface area (Å²) >= 11 is 0. The van der Waals surface area contributed by atoms with E-state index in [0.29, 0.717) is 16.8 Å². The molecule has 0 spiro atoms. The van der Waals surface area contributed by atoms with Gasteiger partial charge in [-0.2, -0.15) is 0 Å². The van der Waals surface area contributed by atoms with Crippen LogP contribution in [0, 0.1) is 20.8 Å². The third-order valence-corrected chi connectivity index (χ3v) is 3.91. The molecule has 0 saturated heterocycles. The molecular formula is C17H21N3O6. The fraction of sp³-hybridized carbons (Fsp3) is 0.412. The number of aryl methyl sites for hydroxylation is 2. The number of esters is 2. The van der Waals surface area contributed by atoms with Gasteiger partial charge in [-0.1, -0.05) is 5.16 Å². The lowest BCUT2D eigenvalue weighted by Gasteiger charge is -2.12. The van der Waals surface area contributed by atoms with Crippen LogP contribution in [-0.4, -0.2) is 40.6 Å². The maximum atomic E-state index is 12.7. The summed E-state index contributed by atoms with van der Waals surface area (Å²) in [5.41, 5.74) is 7.21. The summed E-state index contributed by atoms with van der Waals surface area (Å²) in [5, 5.41) is 3.57. The Balaban J connectivity index is 2.22. The number of anilines is 1. The molecule has 0 aromatic carbocycles. The van der Waals surface area contributed by atoms with Crippen LogP contribution in [0.25, 0.3) is 0 Å². The van der Waals surface area contributed by atoms with E-state index in [2.05, 4.69) is 10.1 Å². The van der Waals surface area contributed by atoms with Gasteiger partial charge in [0.15, 0.2) is 6.10 Å². The zero-order valence-electron chi connectivity index (χ0n) is 15.3. The quantitative estimate of drug-likeness (QED) is 0.588. The number of aromatic amines is 1. The van der Waals surface area contributed by atoms with Gasteiger partial charge >= 0.3 is 11.9 Å². The number of nitrogens with zero attached hydrogens (tertiary/aromatic N) is 1. The summed E-state index contributed by atoms with van der Waals surface area (Å²) in [6.07, 6.45) is -1.11. The van der Waals surface area contributed by atoms with Crippen molar-refractivity contribution in [2.75, 3.05) is 12.3 Å². The molecule has 2 rings (SSSR count). The van der Waals surface area contributed by atoms with E-state index in [0.717, 1.165) is 0 Å². The average molecular weight is 363 g/mol. The molecule has 2 aromatic heterocycles. The number of H-pyrrole nitrogens is 1. The van der Waals surface area contributed by atoms with Crippen LogP contribution in [0.15, 0.2) is 4.52 Å². The van der Waals surface area contributed by atoms with Crippen molar-refractivity contribution >= 4 is 23.6 Å². The van der Waals surface area contributed by atoms with Gasteiger partial charge in [-0.15, -0.1) is 0 Å². The molecule has 0 saturated carbocycles. The number of hydrogen-bond acceptors (Lipinski definition) is 8. The van der Waals surface area contributed by atoms with Gasteiger partial charge in [0.25, 0.3) is 0 Å². The summed E-state index contributed by atoms with van der Waals surface area (Å²) < 4.78 is 14.9. The number of Topliss-reactive ketones (excluding diaryl/α,β-unsaturated/α-hetero) is 1. The van der Waals surface area contributed by atoms with E-state index in [1.807, 2.05) is 0 Å². The SMILES string of the molecule is CCOC(=O)c1c(C)[nH]c(C(=O)C(C)OC(=O)c2c(C)noc2N)c1C. The molecule has 0 bridgehead atoms. The molecule has 3 N–H and O–H groups in total. The van der Waals surface area contributed by atoms with Crippen LogP contribution in [0.4, 0.5) is 5.88 Å². The van der Waals surface area contributed by atoms with E-state index in [9.17, 15) is 14.4 Å². The summed E-state index contributed by atoms with van der Waals surface area (Å²) in [5.74, 6) is -1.99. The summed E-state index contributed by atoms with van der Waals surface area (Å²) in [6.45, 7) is 8.17. The van der Waals surface area contributed by atoms with Crippen LogP contribution in [0.2, 0.25) is 0 Å². The molecule has 26 heavy (non-hydrogen) atoms. The lowest BCUT2D eigenvalue weighted by Crippen LogP contribution is -2.26. The van der Waals surface area contributed by atoms with Crippen LogP contribution in [-0.2, 0) is 9.47 Å². The van der Waals surface area contributed by atoms with Gasteiger partial charge in [-0.3, -0.25) is 4.79 Å². The van der Waals surface area contributed by atoms with Crippen molar-refractivity contribution in [2.24, 2.45) is 0 Å². The predicted octanol–water partition coefficient (Wildman–Crippen LogP) is 2.12. The lowest BCUT2D eigenvalue weighted by atomic mass is 10.1. The van der Waals surface area contributed by atoms with E-state index in [-0.39, 0.29) is 29.4 Å². The van der Waals surface area contributed by atoms with Crippen molar-refractivity contribution in [1.29, 1.82) is 0 Å². The fourth-order valence-electron chi connectivity index (χ4n) is 2.62. The number of nitrogens with two attached hydrogens (primary N) is 1. The molecule has 1 atom stereocenters. The smallest absolute Gasteiger partial charge is 0.346 e. The van der Waals surface area contributed by atoms with Gasteiger partial charge in [-0.25, -0.2) is 9.59 Å². The maximum absolute atomic E-state index is 12.7. The molecule has 0 aliphatic carbocycles. The average Bonchev–Trinajstić information content (AvgIpc) is 3.05. The first-order chi connectivity index (χ1) is 12.2. The highest BCUT2D eigenvalue weighted by atomic mass is 16.5. The number of nitrogens with one attached hydrogen (secondary N) is 1. The maximum Gasteiger partial charge on any atom is 0.346 e. The molecule has 9 heteroatoms. The van der Waals surface area contributed by atoms with Crippen molar-refractivity contribution in [3.63, 3.8) is 0 Å². The van der Waals surface area contributed by atoms with Crippen LogP contribution in [0.5, 0.6) is 0 Å². The molecule has 0 aliphatic rings. The van der Waals surface area contributed by atoms with Gasteiger partial charge in [0.05, 0.1) is 23.6 Å². The zero-order valence-corrected chi connectivity index (χ0v) is 15.3. The molecule has 0 aliphatic heterocycles. The largest absolute Gasteiger partial charge is 0.462 e. The lowest BCUT2D eigenvalue weighted by molar-refractivity contribution is 0.0316. The Labute approximate surface area is 149 Å². The number of ketones is 1. The first kappa shape index (κ1) is 19.2. The number of ether oxygens (including phenoxy) is 2. The Morgan fingerprint density at radius 2 is 1.85 bits per heavy atom. The van der Waals surface area contributed by atoms with Gasteiger partial charge < -0.3 is 24.7 Å². The number of rotatable bonds is 6. The van der Waals surface area contributed by atoms with Crippen LogP contribution < -0.4 is 5.73 Å². The topological polar surface area (TPSA) is 138 Å². The molecule has 9 nitrogen and oxygen atoms in total. The summed E-state index contributed by atoms with van der Waals surface area (Å²) in [4.78, 5) is 39.8. The monoisotopic (exact) mass is 363 g/mol. The third kappa shape index (κ3) is 3.46. The highest BCUT2D eigenvalue weighted by Gasteiger charge is 2.29. The Hall–Kier alpha value is -3.10. The highest BCUT2D eigenvalue weighted by Crippen LogP contribution is 2.22. The first-order valence-electron chi connectivity index (χ1n) is 8.02. The number of hydrogen-bond donors (Lipinski definition) is 2. The standard InChI is InChI=1S/C17H21N3O6/c1-6-24-16(22)11-7(2)13(19-8(11)3)14(21)10(5)25-17(23)12-9(4)20-26-15(12)18/h10,19H,6,18H2,1-5H3. The van der Waals surface area contributed by atoms with Crippen molar-refractivity contribution in [1.82, 2.24) is 10.1 Å². The molecular weight excluding hydrogens is 342 g/mol. The van der Waals surface area contributed by atoms with E-state index in [1.54, 1.807) is 20.8 Å². The second kappa shape index (κ2) is 7.42. The second-order valence-corrected chi connectivity index (χ2v) is 5.76. The molecule has 2 heterocycles. The van der Waals surface area contributed by atoms with Crippen molar-refractivity contribution < 1.29 is 28.4 Å². The predicted molar refractivity (Wildman–Crippen MR) is 91.1 cm³/mol. The molecule has 2 aromatic rings. The number of carbonyl (C=O) groups excluding carboxylic acids is 3. The van der Waals surface area contributed by atoms with Gasteiger partial charge in [0.1, 0.15) is 5.56 Å². The molecule has 1 unspecified atom stereocenters. The van der Waals surface area contributed by atoms with Crippen LogP contribution in [0.3, 0.4) is 0 Å². The van der Waals surface area contributed by atoms with Crippen molar-refractivity contribution in [2.45, 2.75) is 40.7 Å². The molecule has 0 amide bonds. The molecule has 0 fully saturated rings. The van der Waals surface area contributed by atoms with Crippen LogP contribution >= 0.6 is 0 Å². The Kier molecular flexibility index (Phi) is 5.49. The zero-order chi connectivity index (χ0) is 19.6. The minimum absolute atomic E-state index is 0.0174.